The van der Waals surface area contributed by atoms with Crippen molar-refractivity contribution in [3.63, 3.8) is 0 Å². The number of carbonyl (C=O) groups is 3. The van der Waals surface area contributed by atoms with Gasteiger partial charge in [-0.3, -0.25) is 4.79 Å². The lowest BCUT2D eigenvalue weighted by Gasteiger charge is -2.19. The maximum Gasteiger partial charge on any atom is 0.407 e. The van der Waals surface area contributed by atoms with Gasteiger partial charge in [0.25, 0.3) is 5.78 Å². The van der Waals surface area contributed by atoms with Gasteiger partial charge in [-0.25, -0.2) is 9.59 Å². The molecule has 4 aromatic rings. The molecule has 0 saturated carbocycles. The number of fused-ring (bicyclic) bond motifs is 3. The summed E-state index contributed by atoms with van der Waals surface area (Å²) >= 11 is 0. The van der Waals surface area contributed by atoms with Gasteiger partial charge < -0.3 is 19.9 Å². The number of esters is 1. The third-order valence-electron chi connectivity index (χ3n) is 6.74. The highest BCUT2D eigenvalue weighted by Gasteiger charge is 2.32. The highest BCUT2D eigenvalue weighted by Crippen LogP contribution is 2.44. The van der Waals surface area contributed by atoms with Crippen molar-refractivity contribution in [3.05, 3.63) is 125 Å². The molecule has 5 rings (SSSR count). The van der Waals surface area contributed by atoms with E-state index in [4.69, 9.17) is 9.47 Å². The minimum absolute atomic E-state index is 0.0176. The molecule has 1 aliphatic rings. The molecular weight excluding hydrogens is 494 g/mol. The average Bonchev–Trinajstić information content (AvgIpc) is 3.29. The van der Waals surface area contributed by atoms with Crippen LogP contribution < -0.4 is 5.32 Å². The number of phenolic OH excluding ortho intramolecular Hbond substituents is 1. The van der Waals surface area contributed by atoms with Gasteiger partial charge >= 0.3 is 12.1 Å². The molecule has 0 bridgehead atoms. The largest absolute Gasteiger partial charge is 0.508 e. The quantitative estimate of drug-likeness (QED) is 0.233. The molecule has 0 unspecified atom stereocenters. The molecule has 0 fully saturated rings. The molecule has 1 amide bonds. The van der Waals surface area contributed by atoms with Crippen LogP contribution in [0, 0.1) is 0 Å². The van der Waals surface area contributed by atoms with E-state index in [1.54, 1.807) is 36.4 Å². The fourth-order valence-electron chi connectivity index (χ4n) is 4.80. The van der Waals surface area contributed by atoms with Crippen molar-refractivity contribution >= 4 is 17.8 Å². The van der Waals surface area contributed by atoms with Crippen LogP contribution >= 0.6 is 0 Å². The van der Waals surface area contributed by atoms with Gasteiger partial charge in [-0.05, 0) is 45.5 Å². The Balaban J connectivity index is 1.27. The number of alkyl carbamates (subject to hydrolysis) is 1. The number of hydrogen-bond donors (Lipinski definition) is 2. The predicted octanol–water partition coefficient (Wildman–Crippen LogP) is 5.15. The SMILES string of the molecule is O=C(N[C@@H](Cc1ccc(O)cc1)C(=O)C(=O)OCc1ccccc1)OCC1c2ccccc2-c2ccccc21. The van der Waals surface area contributed by atoms with E-state index in [-0.39, 0.29) is 31.3 Å². The predicted molar refractivity (Wildman–Crippen MR) is 145 cm³/mol. The number of Topliss-reactive ketones (excluding diaryl/α,β-unsaturated/α-hetero) is 1. The van der Waals surface area contributed by atoms with E-state index in [1.807, 2.05) is 54.6 Å². The van der Waals surface area contributed by atoms with Crippen molar-refractivity contribution in [2.45, 2.75) is 25.0 Å². The van der Waals surface area contributed by atoms with E-state index in [0.717, 1.165) is 27.8 Å². The number of aromatic hydroxyl groups is 1. The van der Waals surface area contributed by atoms with Crippen LogP contribution in [-0.2, 0) is 32.1 Å². The summed E-state index contributed by atoms with van der Waals surface area (Å²) in [7, 11) is 0. The Morgan fingerprint density at radius 3 is 1.95 bits per heavy atom. The monoisotopic (exact) mass is 521 g/mol. The summed E-state index contributed by atoms with van der Waals surface area (Å²) < 4.78 is 10.8. The van der Waals surface area contributed by atoms with Crippen LogP contribution in [-0.4, -0.2) is 35.6 Å². The van der Waals surface area contributed by atoms with E-state index in [9.17, 15) is 19.5 Å². The molecule has 39 heavy (non-hydrogen) atoms. The maximum atomic E-state index is 13.1. The molecule has 0 radical (unpaired) electrons. The van der Waals surface area contributed by atoms with Crippen LogP contribution in [0.25, 0.3) is 11.1 Å². The molecule has 0 aromatic heterocycles. The van der Waals surface area contributed by atoms with E-state index in [1.165, 1.54) is 12.1 Å². The fourth-order valence-corrected chi connectivity index (χ4v) is 4.80. The summed E-state index contributed by atoms with van der Waals surface area (Å²) in [5.74, 6) is -2.03. The van der Waals surface area contributed by atoms with Gasteiger partial charge in [-0.15, -0.1) is 0 Å². The highest BCUT2D eigenvalue weighted by atomic mass is 16.6. The van der Waals surface area contributed by atoms with Crippen molar-refractivity contribution in [2.24, 2.45) is 0 Å². The summed E-state index contributed by atoms with van der Waals surface area (Å²) in [6.07, 6.45) is -0.797. The Bertz CT molecular complexity index is 1440. The molecule has 7 heteroatoms. The topological polar surface area (TPSA) is 102 Å². The zero-order valence-electron chi connectivity index (χ0n) is 21.1. The smallest absolute Gasteiger partial charge is 0.407 e. The van der Waals surface area contributed by atoms with Gasteiger partial charge in [0.05, 0.1) is 0 Å². The normalized spacial score (nSPS) is 12.6. The number of hydrogen-bond acceptors (Lipinski definition) is 6. The zero-order valence-corrected chi connectivity index (χ0v) is 21.1. The van der Waals surface area contributed by atoms with Crippen LogP contribution in [0.4, 0.5) is 4.79 Å². The summed E-state index contributed by atoms with van der Waals surface area (Å²) in [4.78, 5) is 38.6. The number of benzene rings is 4. The Morgan fingerprint density at radius 1 is 0.718 bits per heavy atom. The molecule has 2 N–H and O–H groups in total. The summed E-state index contributed by atoms with van der Waals surface area (Å²) in [5, 5.41) is 12.2. The number of phenols is 1. The second-order valence-electron chi connectivity index (χ2n) is 9.32. The molecule has 4 aromatic carbocycles. The van der Waals surface area contributed by atoms with E-state index in [0.29, 0.717) is 5.56 Å². The Morgan fingerprint density at radius 2 is 1.31 bits per heavy atom. The zero-order chi connectivity index (χ0) is 27.2. The average molecular weight is 522 g/mol. The van der Waals surface area contributed by atoms with Crippen LogP contribution in [0.5, 0.6) is 5.75 Å². The van der Waals surface area contributed by atoms with Crippen molar-refractivity contribution in [2.75, 3.05) is 6.61 Å². The number of nitrogens with one attached hydrogen (secondary N) is 1. The van der Waals surface area contributed by atoms with Gasteiger partial charge in [0.1, 0.15) is 25.0 Å². The van der Waals surface area contributed by atoms with Crippen molar-refractivity contribution in [1.29, 1.82) is 0 Å². The summed E-state index contributed by atoms with van der Waals surface area (Å²) in [5.41, 5.74) is 5.70. The number of ether oxygens (including phenoxy) is 2. The van der Waals surface area contributed by atoms with E-state index in [2.05, 4.69) is 5.32 Å². The minimum Gasteiger partial charge on any atom is -0.508 e. The molecule has 1 aliphatic carbocycles. The fraction of sp³-hybridized carbons (Fsp3) is 0.156. The van der Waals surface area contributed by atoms with E-state index >= 15 is 0 Å². The Hall–Kier alpha value is -4.91. The second kappa shape index (κ2) is 11.6. The Kier molecular flexibility index (Phi) is 7.68. The molecular formula is C32H27NO6. The molecule has 0 aliphatic heterocycles. The molecule has 0 saturated heterocycles. The summed E-state index contributed by atoms with van der Waals surface area (Å²) in [6, 6.07) is 29.9. The third-order valence-corrected chi connectivity index (χ3v) is 6.74. The lowest BCUT2D eigenvalue weighted by atomic mass is 9.98. The van der Waals surface area contributed by atoms with Gasteiger partial charge in [-0.1, -0.05) is 91.0 Å². The number of amides is 1. The second-order valence-corrected chi connectivity index (χ2v) is 9.32. The number of ketones is 1. The van der Waals surface area contributed by atoms with Crippen LogP contribution in [0.3, 0.4) is 0 Å². The molecule has 196 valence electrons. The van der Waals surface area contributed by atoms with Gasteiger partial charge in [0.15, 0.2) is 0 Å². The first-order valence-corrected chi connectivity index (χ1v) is 12.6. The first-order valence-electron chi connectivity index (χ1n) is 12.6. The van der Waals surface area contributed by atoms with Crippen molar-refractivity contribution in [3.8, 4) is 16.9 Å². The van der Waals surface area contributed by atoms with Crippen LogP contribution in [0.1, 0.15) is 28.2 Å². The number of carbonyl (C=O) groups excluding carboxylic acids is 3. The highest BCUT2D eigenvalue weighted by molar-refractivity contribution is 6.36. The standard InChI is InChI=1S/C32H27NO6/c34-23-16-14-21(15-17-23)18-29(30(35)31(36)38-19-22-8-2-1-3-9-22)33-32(37)39-20-28-26-12-6-4-10-24(26)25-11-5-7-13-27(25)28/h1-17,28-29,34H,18-20H2,(H,33,37)/t29-/m0/s1. The van der Waals surface area contributed by atoms with Gasteiger partial charge in [0, 0.05) is 12.3 Å². The van der Waals surface area contributed by atoms with Gasteiger partial charge in [-0.2, -0.15) is 0 Å². The molecule has 1 atom stereocenters. The summed E-state index contributed by atoms with van der Waals surface area (Å²) in [6.45, 7) is 0.000715. The molecule has 0 spiro atoms. The molecule has 0 heterocycles. The third kappa shape index (κ3) is 5.99. The van der Waals surface area contributed by atoms with Crippen LogP contribution in [0.15, 0.2) is 103 Å². The van der Waals surface area contributed by atoms with Gasteiger partial charge in [0.2, 0.25) is 0 Å². The van der Waals surface area contributed by atoms with E-state index < -0.39 is 23.9 Å². The lowest BCUT2D eigenvalue weighted by molar-refractivity contribution is -0.155. The molecule has 7 nitrogen and oxygen atoms in total. The number of rotatable bonds is 9. The van der Waals surface area contributed by atoms with Crippen LogP contribution in [0.2, 0.25) is 0 Å². The van der Waals surface area contributed by atoms with Crippen molar-refractivity contribution in [1.82, 2.24) is 5.32 Å². The minimum atomic E-state index is -1.21. The van der Waals surface area contributed by atoms with Crippen molar-refractivity contribution < 1.29 is 29.0 Å². The lowest BCUT2D eigenvalue weighted by Crippen LogP contribution is -2.46. The Labute approximate surface area is 226 Å². The first kappa shape index (κ1) is 25.7. The first-order chi connectivity index (χ1) is 19.0. The maximum absolute atomic E-state index is 13.1.